The molecule has 3 aromatic rings. The molecule has 10 heteroatoms. The standard InChI is InChI=1S/C25H24F3N5O2/c26-17-1-3-20(4-2-17)29-9-16-12-32(24(35)8-23-30-10-22(34)11-31-23)13-25(16)14-33(15-25)21-6-18(27)5-19(28)7-21/h1-7,10-11,16,29,34H,8-9,12-15H2. The van der Waals surface area contributed by atoms with Gasteiger partial charge in [-0.1, -0.05) is 0 Å². The Morgan fingerprint density at radius 2 is 1.66 bits per heavy atom. The molecule has 35 heavy (non-hydrogen) atoms. The molecule has 1 unspecified atom stereocenters. The van der Waals surface area contributed by atoms with Gasteiger partial charge in [0.2, 0.25) is 5.91 Å². The number of carbonyl (C=O) groups is 1. The molecular formula is C25H24F3N5O2. The van der Waals surface area contributed by atoms with Crippen LogP contribution in [0.25, 0.3) is 0 Å². The average Bonchev–Trinajstić information content (AvgIpc) is 3.19. The van der Waals surface area contributed by atoms with E-state index in [1.54, 1.807) is 17.0 Å². The first-order valence-corrected chi connectivity index (χ1v) is 11.3. The van der Waals surface area contributed by atoms with E-state index in [1.807, 2.05) is 4.90 Å². The second kappa shape index (κ2) is 9.09. The van der Waals surface area contributed by atoms with E-state index in [2.05, 4.69) is 15.3 Å². The van der Waals surface area contributed by atoms with E-state index in [9.17, 15) is 23.1 Å². The summed E-state index contributed by atoms with van der Waals surface area (Å²) in [5.41, 5.74) is 0.981. The lowest BCUT2D eigenvalue weighted by Gasteiger charge is -2.52. The lowest BCUT2D eigenvalue weighted by molar-refractivity contribution is -0.130. The number of nitrogens with one attached hydrogen (secondary N) is 1. The molecule has 2 saturated heterocycles. The maximum absolute atomic E-state index is 13.7. The van der Waals surface area contributed by atoms with Gasteiger partial charge in [0.05, 0.1) is 18.8 Å². The zero-order valence-corrected chi connectivity index (χ0v) is 18.8. The van der Waals surface area contributed by atoms with Crippen molar-refractivity contribution in [1.82, 2.24) is 14.9 Å². The molecule has 1 spiro atoms. The number of aromatic nitrogens is 2. The van der Waals surface area contributed by atoms with Crippen molar-refractivity contribution in [3.63, 3.8) is 0 Å². The van der Waals surface area contributed by atoms with Gasteiger partial charge in [0.15, 0.2) is 5.75 Å². The molecule has 2 aliphatic rings. The molecule has 0 bridgehead atoms. The number of anilines is 2. The molecule has 1 aromatic heterocycles. The highest BCUT2D eigenvalue weighted by Gasteiger charge is 2.55. The van der Waals surface area contributed by atoms with Gasteiger partial charge in [0.1, 0.15) is 23.3 Å². The van der Waals surface area contributed by atoms with E-state index in [1.165, 1.54) is 36.7 Å². The number of aromatic hydroxyl groups is 1. The van der Waals surface area contributed by atoms with Crippen LogP contribution in [0.15, 0.2) is 54.9 Å². The minimum absolute atomic E-state index is 0.00723. The number of likely N-dealkylation sites (tertiary alicyclic amines) is 1. The van der Waals surface area contributed by atoms with Crippen LogP contribution in [0.5, 0.6) is 5.75 Å². The molecule has 2 aromatic carbocycles. The minimum atomic E-state index is -0.632. The predicted molar refractivity (Wildman–Crippen MR) is 123 cm³/mol. The largest absolute Gasteiger partial charge is 0.505 e. The number of halogens is 3. The van der Waals surface area contributed by atoms with Crippen LogP contribution in [0, 0.1) is 28.8 Å². The maximum atomic E-state index is 13.7. The van der Waals surface area contributed by atoms with Crippen LogP contribution in [0.2, 0.25) is 0 Å². The summed E-state index contributed by atoms with van der Waals surface area (Å²) >= 11 is 0. The Morgan fingerprint density at radius 1 is 1.00 bits per heavy atom. The van der Waals surface area contributed by atoms with Crippen LogP contribution in [0.3, 0.4) is 0 Å². The zero-order chi connectivity index (χ0) is 24.6. The number of amides is 1. The van der Waals surface area contributed by atoms with Crippen molar-refractivity contribution in [2.24, 2.45) is 11.3 Å². The first-order valence-electron chi connectivity index (χ1n) is 11.3. The summed E-state index contributed by atoms with van der Waals surface area (Å²) in [5, 5.41) is 12.7. The molecular weight excluding hydrogens is 459 g/mol. The highest BCUT2D eigenvalue weighted by atomic mass is 19.1. The van der Waals surface area contributed by atoms with Gasteiger partial charge in [0, 0.05) is 61.5 Å². The Balaban J connectivity index is 1.31. The fourth-order valence-corrected chi connectivity index (χ4v) is 4.98. The molecule has 1 atom stereocenters. The molecule has 0 aliphatic carbocycles. The highest BCUT2D eigenvalue weighted by Crippen LogP contribution is 2.46. The van der Waals surface area contributed by atoms with Crippen molar-refractivity contribution in [3.8, 4) is 5.75 Å². The van der Waals surface area contributed by atoms with Gasteiger partial charge in [-0.05, 0) is 36.4 Å². The lowest BCUT2D eigenvalue weighted by atomic mass is 9.71. The highest BCUT2D eigenvalue weighted by molar-refractivity contribution is 5.78. The lowest BCUT2D eigenvalue weighted by Crippen LogP contribution is -2.61. The molecule has 0 saturated carbocycles. The fraction of sp³-hybridized carbons (Fsp3) is 0.320. The quantitative estimate of drug-likeness (QED) is 0.561. The summed E-state index contributed by atoms with van der Waals surface area (Å²) in [6, 6.07) is 9.53. The van der Waals surface area contributed by atoms with Crippen molar-refractivity contribution >= 4 is 17.3 Å². The van der Waals surface area contributed by atoms with Crippen molar-refractivity contribution in [1.29, 1.82) is 0 Å². The number of hydrogen-bond donors (Lipinski definition) is 2. The Labute approximate surface area is 200 Å². The van der Waals surface area contributed by atoms with Crippen molar-refractivity contribution in [3.05, 3.63) is 78.1 Å². The molecule has 0 radical (unpaired) electrons. The third-order valence-electron chi connectivity index (χ3n) is 6.79. The Hall–Kier alpha value is -3.82. The summed E-state index contributed by atoms with van der Waals surface area (Å²) in [5.74, 6) is -1.41. The van der Waals surface area contributed by atoms with Crippen LogP contribution >= 0.6 is 0 Å². The number of benzene rings is 2. The number of hydrogen-bond acceptors (Lipinski definition) is 6. The molecule has 3 heterocycles. The number of rotatable bonds is 6. The van der Waals surface area contributed by atoms with E-state index < -0.39 is 11.6 Å². The maximum Gasteiger partial charge on any atom is 0.230 e. The SMILES string of the molecule is O=C(Cc1ncc(O)cn1)N1CC(CNc2ccc(F)cc2)C2(C1)CN(c1cc(F)cc(F)c1)C2. The van der Waals surface area contributed by atoms with Crippen molar-refractivity contribution < 1.29 is 23.1 Å². The summed E-state index contributed by atoms with van der Waals surface area (Å²) in [4.78, 5) is 24.7. The molecule has 2 aliphatic heterocycles. The normalized spacial score (nSPS) is 18.5. The van der Waals surface area contributed by atoms with Gasteiger partial charge >= 0.3 is 0 Å². The smallest absolute Gasteiger partial charge is 0.230 e. The van der Waals surface area contributed by atoms with E-state index in [0.717, 1.165) is 11.8 Å². The van der Waals surface area contributed by atoms with Crippen LogP contribution in [0.4, 0.5) is 24.5 Å². The first-order chi connectivity index (χ1) is 16.8. The molecule has 2 fully saturated rings. The van der Waals surface area contributed by atoms with E-state index >= 15 is 0 Å². The average molecular weight is 483 g/mol. The van der Waals surface area contributed by atoms with Crippen molar-refractivity contribution in [2.45, 2.75) is 6.42 Å². The van der Waals surface area contributed by atoms with Crippen molar-refractivity contribution in [2.75, 3.05) is 42.9 Å². The van der Waals surface area contributed by atoms with Gasteiger partial charge in [-0.25, -0.2) is 23.1 Å². The van der Waals surface area contributed by atoms with E-state index in [-0.39, 0.29) is 35.2 Å². The van der Waals surface area contributed by atoms with E-state index in [0.29, 0.717) is 44.2 Å². The van der Waals surface area contributed by atoms with Gasteiger partial charge in [-0.15, -0.1) is 0 Å². The van der Waals surface area contributed by atoms with Crippen LogP contribution in [-0.2, 0) is 11.2 Å². The monoisotopic (exact) mass is 483 g/mol. The van der Waals surface area contributed by atoms with Crippen LogP contribution < -0.4 is 10.2 Å². The molecule has 182 valence electrons. The number of nitrogens with zero attached hydrogens (tertiary/aromatic N) is 4. The molecule has 7 nitrogen and oxygen atoms in total. The summed E-state index contributed by atoms with van der Waals surface area (Å²) in [6.45, 7) is 2.64. The molecule has 5 rings (SSSR count). The second-order valence-corrected chi connectivity index (χ2v) is 9.24. The Morgan fingerprint density at radius 3 is 2.31 bits per heavy atom. The third-order valence-corrected chi connectivity index (χ3v) is 6.79. The first kappa shape index (κ1) is 22.9. The predicted octanol–water partition coefficient (Wildman–Crippen LogP) is 3.22. The van der Waals surface area contributed by atoms with Crippen LogP contribution in [0.1, 0.15) is 5.82 Å². The summed E-state index contributed by atoms with van der Waals surface area (Å²) in [6.07, 6.45) is 2.50. The number of carbonyl (C=O) groups excluding carboxylic acids is 1. The molecule has 1 amide bonds. The van der Waals surface area contributed by atoms with Gasteiger partial charge in [-0.2, -0.15) is 0 Å². The van der Waals surface area contributed by atoms with E-state index in [4.69, 9.17) is 0 Å². The second-order valence-electron chi connectivity index (χ2n) is 9.24. The van der Waals surface area contributed by atoms with Gasteiger partial charge < -0.3 is 20.2 Å². The summed E-state index contributed by atoms with van der Waals surface area (Å²) in [7, 11) is 0. The Kier molecular flexibility index (Phi) is 5.96. The van der Waals surface area contributed by atoms with Gasteiger partial charge in [0.25, 0.3) is 0 Å². The third kappa shape index (κ3) is 4.87. The van der Waals surface area contributed by atoms with Gasteiger partial charge in [-0.3, -0.25) is 4.79 Å². The minimum Gasteiger partial charge on any atom is -0.505 e. The zero-order valence-electron chi connectivity index (χ0n) is 18.8. The Bertz CT molecular complexity index is 1200. The summed E-state index contributed by atoms with van der Waals surface area (Å²) < 4.78 is 40.8. The fourth-order valence-electron chi connectivity index (χ4n) is 4.98. The molecule has 2 N–H and O–H groups in total. The topological polar surface area (TPSA) is 81.6 Å². The van der Waals surface area contributed by atoms with Crippen LogP contribution in [-0.4, -0.2) is 58.6 Å².